The number of nitrogens with zero attached hydrogens (tertiary/aromatic N) is 6. The average molecular weight is 737 g/mol. The Labute approximate surface area is 332 Å². The summed E-state index contributed by atoms with van der Waals surface area (Å²) in [6, 6.07) is 33.6. The molecule has 0 radical (unpaired) electrons. The summed E-state index contributed by atoms with van der Waals surface area (Å²) in [7, 11) is 0. The van der Waals surface area contributed by atoms with E-state index in [1.165, 1.54) is 16.8 Å². The van der Waals surface area contributed by atoms with E-state index < -0.39 is 0 Å². The van der Waals surface area contributed by atoms with Crippen molar-refractivity contribution in [3.63, 3.8) is 0 Å². The van der Waals surface area contributed by atoms with Crippen molar-refractivity contribution in [1.82, 2.24) is 9.97 Å². The van der Waals surface area contributed by atoms with Crippen LogP contribution in [0.25, 0.3) is 27.8 Å². The van der Waals surface area contributed by atoms with Gasteiger partial charge in [-0.25, -0.2) is 9.97 Å². The van der Waals surface area contributed by atoms with Crippen molar-refractivity contribution in [3.8, 4) is 16.8 Å². The second kappa shape index (κ2) is 19.3. The Hall–Kier alpha value is -6.40. The first-order valence-electron chi connectivity index (χ1n) is 19.5. The molecule has 6 heteroatoms. The summed E-state index contributed by atoms with van der Waals surface area (Å²) >= 11 is 0. The van der Waals surface area contributed by atoms with E-state index in [0.717, 1.165) is 50.4 Å². The van der Waals surface area contributed by atoms with Crippen LogP contribution in [0.3, 0.4) is 0 Å². The highest BCUT2D eigenvalue weighted by Gasteiger charge is 2.16. The third-order valence-corrected chi connectivity index (χ3v) is 9.60. The minimum atomic E-state index is 0.399. The van der Waals surface area contributed by atoms with Gasteiger partial charge in [0.1, 0.15) is 5.69 Å². The van der Waals surface area contributed by atoms with Gasteiger partial charge < -0.3 is 0 Å². The molecule has 0 aliphatic carbocycles. The molecule has 0 saturated heterocycles. The van der Waals surface area contributed by atoms with Gasteiger partial charge in [0.05, 0.1) is 29.0 Å². The number of aromatic nitrogens is 4. The molecule has 0 N–H and O–H groups in total. The monoisotopic (exact) mass is 736 g/mol. The fraction of sp³-hybridized carbons (Fsp3) is 0.200. The van der Waals surface area contributed by atoms with Gasteiger partial charge in [-0.2, -0.15) is 9.13 Å². The molecule has 0 unspecified atom stereocenters. The molecule has 3 aromatic heterocycles. The Bertz CT molecular complexity index is 2430. The Balaban J connectivity index is 1.20. The summed E-state index contributed by atoms with van der Waals surface area (Å²) in [5.41, 5.74) is 12.7. The van der Waals surface area contributed by atoms with E-state index in [-0.39, 0.29) is 0 Å². The van der Waals surface area contributed by atoms with Crippen molar-refractivity contribution < 1.29 is 9.13 Å². The number of pyridine rings is 2. The quantitative estimate of drug-likeness (QED) is 0.0635. The summed E-state index contributed by atoms with van der Waals surface area (Å²) in [5, 5.41) is 0. The van der Waals surface area contributed by atoms with E-state index in [4.69, 9.17) is 20.0 Å². The molecule has 6 rings (SSSR count). The zero-order valence-corrected chi connectivity index (χ0v) is 33.4. The molecule has 0 aliphatic rings. The maximum absolute atomic E-state index is 5.06. The van der Waals surface area contributed by atoms with E-state index in [1.54, 1.807) is 0 Å². The van der Waals surface area contributed by atoms with Gasteiger partial charge >= 0.3 is 0 Å². The maximum atomic E-state index is 5.06. The van der Waals surface area contributed by atoms with Crippen LogP contribution >= 0.6 is 0 Å². The lowest BCUT2D eigenvalue weighted by molar-refractivity contribution is -0.688. The lowest BCUT2D eigenvalue weighted by Gasteiger charge is -2.08. The highest BCUT2D eigenvalue weighted by molar-refractivity contribution is 5.81. The summed E-state index contributed by atoms with van der Waals surface area (Å²) in [6.07, 6.45) is 24.6. The van der Waals surface area contributed by atoms with Crippen molar-refractivity contribution in [3.05, 3.63) is 192 Å². The molecule has 0 spiro atoms. The number of benzene rings is 3. The third-order valence-electron chi connectivity index (χ3n) is 9.60. The number of para-hydroxylation sites is 4. The summed E-state index contributed by atoms with van der Waals surface area (Å²) < 4.78 is 4.35. The lowest BCUT2D eigenvalue weighted by atomic mass is 10.0. The molecule has 0 bridgehead atoms. The Morgan fingerprint density at radius 2 is 1.14 bits per heavy atom. The van der Waals surface area contributed by atoms with E-state index in [9.17, 15) is 0 Å². The predicted octanol–water partition coefficient (Wildman–Crippen LogP) is 11.1. The SMILES string of the molecule is C\C=C/C(=C/C=N/c1ccccc1C(C)C)C(/C=C\C)=C/C=N/Cc1nc2ccccc2nc1C[n+]1ccc(-c2cc[n+](-c3ccccc3C(C)C)cc2)cc1. The van der Waals surface area contributed by atoms with Gasteiger partial charge in [-0.15, -0.1) is 0 Å². The van der Waals surface area contributed by atoms with E-state index >= 15 is 0 Å². The van der Waals surface area contributed by atoms with Crippen molar-refractivity contribution in [1.29, 1.82) is 0 Å². The third kappa shape index (κ3) is 10.0. The number of hydrogen-bond donors (Lipinski definition) is 0. The zero-order chi connectivity index (χ0) is 39.3. The van der Waals surface area contributed by atoms with Crippen LogP contribution in [0.2, 0.25) is 0 Å². The van der Waals surface area contributed by atoms with Gasteiger partial charge in [-0.1, -0.05) is 101 Å². The van der Waals surface area contributed by atoms with E-state index in [0.29, 0.717) is 24.9 Å². The van der Waals surface area contributed by atoms with Gasteiger partial charge in [0, 0.05) is 48.3 Å². The maximum Gasteiger partial charge on any atom is 0.214 e. The Morgan fingerprint density at radius 3 is 1.77 bits per heavy atom. The van der Waals surface area contributed by atoms with Gasteiger partial charge in [0.15, 0.2) is 31.3 Å². The highest BCUT2D eigenvalue weighted by Crippen LogP contribution is 2.26. The molecular formula is C50H52N6+2. The van der Waals surface area contributed by atoms with Crippen LogP contribution in [-0.2, 0) is 13.1 Å². The fourth-order valence-corrected chi connectivity index (χ4v) is 6.66. The summed E-state index contributed by atoms with van der Waals surface area (Å²) in [6.45, 7) is 13.9. The first-order chi connectivity index (χ1) is 27.3. The highest BCUT2D eigenvalue weighted by atomic mass is 15.0. The second-order valence-corrected chi connectivity index (χ2v) is 14.3. The first-order valence-corrected chi connectivity index (χ1v) is 19.5. The van der Waals surface area contributed by atoms with Crippen LogP contribution in [-0.4, -0.2) is 22.4 Å². The average Bonchev–Trinajstić information content (AvgIpc) is 3.22. The zero-order valence-electron chi connectivity index (χ0n) is 33.4. The van der Waals surface area contributed by atoms with Crippen LogP contribution in [0.1, 0.15) is 75.9 Å². The normalized spacial score (nSPS) is 12.9. The number of rotatable bonds is 14. The minimum absolute atomic E-state index is 0.399. The number of allylic oxidation sites excluding steroid dienone is 8. The molecule has 6 aromatic rings. The lowest BCUT2D eigenvalue weighted by Crippen LogP contribution is -2.34. The predicted molar refractivity (Wildman–Crippen MR) is 233 cm³/mol. The molecular weight excluding hydrogens is 685 g/mol. The molecule has 0 fully saturated rings. The van der Waals surface area contributed by atoms with Gasteiger partial charge in [-0.05, 0) is 83.9 Å². The topological polar surface area (TPSA) is 58.3 Å². The van der Waals surface area contributed by atoms with Crippen LogP contribution < -0.4 is 9.13 Å². The molecule has 280 valence electrons. The van der Waals surface area contributed by atoms with Crippen LogP contribution in [0.5, 0.6) is 0 Å². The van der Waals surface area contributed by atoms with Gasteiger partial charge in [0.25, 0.3) is 0 Å². The second-order valence-electron chi connectivity index (χ2n) is 14.3. The standard InChI is InChI=1S/C50H52N6/c1-7-15-39(40(16-8-2)24-30-52-45-19-11-9-17-43(45)37(3)4)23-29-51-35-48-49(54-47-21-13-12-20-46(47)53-48)36-55-31-25-41(26-32-55)42-27-33-56(34-28-42)50-22-14-10-18-44(50)38(5)6/h7-34,37-38H,35-36H2,1-6H3/q+2/b15-7-,16-8-,39-23+,40-24-,51-29+,52-30+. The molecule has 6 nitrogen and oxygen atoms in total. The van der Waals surface area contributed by atoms with Crippen LogP contribution in [0, 0.1) is 0 Å². The summed E-state index contributed by atoms with van der Waals surface area (Å²) in [4.78, 5) is 19.7. The first kappa shape index (κ1) is 39.3. The number of fused-ring (bicyclic) bond motifs is 1. The smallest absolute Gasteiger partial charge is 0.214 e. The minimum Gasteiger partial charge on any atom is -0.287 e. The van der Waals surface area contributed by atoms with Crippen LogP contribution in [0.4, 0.5) is 5.69 Å². The van der Waals surface area contributed by atoms with E-state index in [1.807, 2.05) is 80.9 Å². The van der Waals surface area contributed by atoms with Crippen molar-refractivity contribution in [2.45, 2.75) is 66.5 Å². The summed E-state index contributed by atoms with van der Waals surface area (Å²) in [5.74, 6) is 0.848. The van der Waals surface area contributed by atoms with Gasteiger partial charge in [0.2, 0.25) is 5.69 Å². The van der Waals surface area contributed by atoms with Crippen LogP contribution in [0.15, 0.2) is 179 Å². The number of hydrogen-bond acceptors (Lipinski definition) is 4. The Morgan fingerprint density at radius 1 is 0.607 bits per heavy atom. The van der Waals surface area contributed by atoms with Crippen molar-refractivity contribution in [2.75, 3.05) is 0 Å². The fourth-order valence-electron chi connectivity index (χ4n) is 6.66. The molecule has 0 aliphatic heterocycles. The van der Waals surface area contributed by atoms with Gasteiger partial charge in [-0.3, -0.25) is 9.98 Å². The molecule has 3 aromatic carbocycles. The molecule has 0 atom stereocenters. The Kier molecular flexibility index (Phi) is 13.5. The van der Waals surface area contributed by atoms with Crippen molar-refractivity contribution >= 4 is 29.1 Å². The molecule has 0 amide bonds. The largest absolute Gasteiger partial charge is 0.287 e. The molecule has 56 heavy (non-hydrogen) atoms. The molecule has 3 heterocycles. The van der Waals surface area contributed by atoms with E-state index in [2.05, 4.69) is 140 Å². The van der Waals surface area contributed by atoms with Crippen molar-refractivity contribution in [2.24, 2.45) is 9.98 Å². The molecule has 0 saturated carbocycles. The number of aliphatic imine (C=N–C) groups is 2.